The molecule has 2 atom stereocenters. The summed E-state index contributed by atoms with van der Waals surface area (Å²) in [6, 6.07) is 19.9. The van der Waals surface area contributed by atoms with Crippen LogP contribution in [0.3, 0.4) is 0 Å². The molecule has 0 saturated carbocycles. The highest BCUT2D eigenvalue weighted by Crippen LogP contribution is 2.25. The van der Waals surface area contributed by atoms with Crippen LogP contribution in [0.25, 0.3) is 0 Å². The molecule has 0 aliphatic rings. The second-order valence-corrected chi connectivity index (χ2v) is 10.2. The molecule has 37 heavy (non-hydrogen) atoms. The number of hydrogen-bond acceptors (Lipinski definition) is 3. The number of nitrogens with one attached hydrogen (secondary N) is 1. The van der Waals surface area contributed by atoms with Gasteiger partial charge < -0.3 is 15.0 Å². The van der Waals surface area contributed by atoms with E-state index in [0.29, 0.717) is 22.2 Å². The van der Waals surface area contributed by atoms with E-state index < -0.39 is 6.04 Å². The van der Waals surface area contributed by atoms with E-state index in [2.05, 4.69) is 5.32 Å². The molecule has 0 aliphatic carbocycles. The standard InChI is InChI=1S/C30H34Cl2N2O3/c1-5-22(4)33-30(36)27(17-23-9-7-6-8-10-23)34(18-24-12-13-25(31)26(32)16-24)29(35)19-37-28-14-11-20(2)15-21(28)3/h6-16,22,27H,5,17-19H2,1-4H3,(H,33,36)/t22-,27-/m1/s1. The summed E-state index contributed by atoms with van der Waals surface area (Å²) >= 11 is 12.4. The third-order valence-corrected chi connectivity index (χ3v) is 7.03. The van der Waals surface area contributed by atoms with E-state index in [4.69, 9.17) is 27.9 Å². The maximum absolute atomic E-state index is 13.7. The van der Waals surface area contributed by atoms with Crippen LogP contribution in [0.2, 0.25) is 10.0 Å². The average molecular weight is 542 g/mol. The van der Waals surface area contributed by atoms with Crippen LogP contribution >= 0.6 is 23.2 Å². The predicted octanol–water partition coefficient (Wildman–Crippen LogP) is 6.54. The molecule has 0 saturated heterocycles. The number of rotatable bonds is 11. The Morgan fingerprint density at radius 2 is 1.68 bits per heavy atom. The first kappa shape index (κ1) is 28.5. The Morgan fingerprint density at radius 3 is 2.32 bits per heavy atom. The van der Waals surface area contributed by atoms with Crippen molar-refractivity contribution in [3.05, 3.63) is 99.0 Å². The maximum Gasteiger partial charge on any atom is 0.261 e. The molecule has 7 heteroatoms. The zero-order chi connectivity index (χ0) is 26.9. The van der Waals surface area contributed by atoms with E-state index in [-0.39, 0.29) is 31.0 Å². The monoisotopic (exact) mass is 540 g/mol. The minimum atomic E-state index is -0.749. The van der Waals surface area contributed by atoms with Crippen molar-refractivity contribution < 1.29 is 14.3 Å². The Morgan fingerprint density at radius 1 is 0.946 bits per heavy atom. The average Bonchev–Trinajstić information content (AvgIpc) is 2.88. The van der Waals surface area contributed by atoms with Gasteiger partial charge in [0.2, 0.25) is 5.91 Å². The van der Waals surface area contributed by atoms with Crippen molar-refractivity contribution in [3.8, 4) is 5.75 Å². The van der Waals surface area contributed by atoms with Gasteiger partial charge in [-0.1, -0.05) is 84.2 Å². The molecule has 3 aromatic carbocycles. The fourth-order valence-corrected chi connectivity index (χ4v) is 4.33. The van der Waals surface area contributed by atoms with E-state index in [1.165, 1.54) is 0 Å². The number of ether oxygens (including phenoxy) is 1. The Labute approximate surface area is 229 Å². The number of nitrogens with zero attached hydrogens (tertiary/aromatic N) is 1. The molecule has 0 radical (unpaired) electrons. The number of benzene rings is 3. The second-order valence-electron chi connectivity index (χ2n) is 9.35. The normalized spacial score (nSPS) is 12.5. The Balaban J connectivity index is 1.94. The fourth-order valence-electron chi connectivity index (χ4n) is 4.01. The quantitative estimate of drug-likeness (QED) is 0.300. The first-order chi connectivity index (χ1) is 17.7. The van der Waals surface area contributed by atoms with Crippen LogP contribution in [-0.2, 0) is 22.6 Å². The zero-order valence-corrected chi connectivity index (χ0v) is 23.3. The molecule has 0 bridgehead atoms. The van der Waals surface area contributed by atoms with Gasteiger partial charge in [-0.2, -0.15) is 0 Å². The summed E-state index contributed by atoms with van der Waals surface area (Å²) in [5.41, 5.74) is 3.78. The molecule has 5 nitrogen and oxygen atoms in total. The van der Waals surface area contributed by atoms with Crippen LogP contribution in [0.4, 0.5) is 0 Å². The largest absolute Gasteiger partial charge is 0.483 e. The summed E-state index contributed by atoms with van der Waals surface area (Å²) < 4.78 is 5.93. The highest BCUT2D eigenvalue weighted by atomic mass is 35.5. The highest BCUT2D eigenvalue weighted by molar-refractivity contribution is 6.42. The summed E-state index contributed by atoms with van der Waals surface area (Å²) in [6.45, 7) is 7.88. The smallest absolute Gasteiger partial charge is 0.261 e. The number of amides is 2. The van der Waals surface area contributed by atoms with Crippen molar-refractivity contribution in [1.82, 2.24) is 10.2 Å². The third kappa shape index (κ3) is 8.24. The summed E-state index contributed by atoms with van der Waals surface area (Å²) in [5.74, 6) is 0.126. The lowest BCUT2D eigenvalue weighted by molar-refractivity contribution is -0.143. The van der Waals surface area contributed by atoms with Crippen molar-refractivity contribution in [2.45, 2.75) is 59.2 Å². The molecular weight excluding hydrogens is 507 g/mol. The predicted molar refractivity (Wildman–Crippen MR) is 150 cm³/mol. The van der Waals surface area contributed by atoms with Gasteiger partial charge in [0.1, 0.15) is 11.8 Å². The molecule has 1 N–H and O–H groups in total. The van der Waals surface area contributed by atoms with E-state index in [1.807, 2.05) is 82.3 Å². The Hall–Kier alpha value is -3.02. The Kier molecular flexibility index (Phi) is 10.4. The Bertz CT molecular complexity index is 1220. The molecule has 196 valence electrons. The molecule has 0 aliphatic heterocycles. The topological polar surface area (TPSA) is 58.6 Å². The van der Waals surface area contributed by atoms with Crippen molar-refractivity contribution >= 4 is 35.0 Å². The van der Waals surface area contributed by atoms with Gasteiger partial charge in [0.25, 0.3) is 5.91 Å². The van der Waals surface area contributed by atoms with E-state index >= 15 is 0 Å². The highest BCUT2D eigenvalue weighted by Gasteiger charge is 2.31. The summed E-state index contributed by atoms with van der Waals surface area (Å²) in [6.07, 6.45) is 1.14. The van der Waals surface area contributed by atoms with Gasteiger partial charge in [-0.15, -0.1) is 0 Å². The summed E-state index contributed by atoms with van der Waals surface area (Å²) in [4.78, 5) is 28.8. The van der Waals surface area contributed by atoms with Gasteiger partial charge in [-0.25, -0.2) is 0 Å². The number of aryl methyl sites for hydroxylation is 2. The zero-order valence-electron chi connectivity index (χ0n) is 21.8. The van der Waals surface area contributed by atoms with E-state index in [9.17, 15) is 9.59 Å². The molecule has 0 unspecified atom stereocenters. The SMILES string of the molecule is CC[C@@H](C)NC(=O)[C@@H](Cc1ccccc1)N(Cc1ccc(Cl)c(Cl)c1)C(=O)COc1ccc(C)cc1C. The van der Waals surface area contributed by atoms with Gasteiger partial charge in [-0.3, -0.25) is 9.59 Å². The van der Waals surface area contributed by atoms with E-state index in [0.717, 1.165) is 28.7 Å². The van der Waals surface area contributed by atoms with Gasteiger partial charge >= 0.3 is 0 Å². The van der Waals surface area contributed by atoms with Crippen LogP contribution in [0.5, 0.6) is 5.75 Å². The first-order valence-corrected chi connectivity index (χ1v) is 13.2. The number of hydrogen-bond donors (Lipinski definition) is 1. The lowest BCUT2D eigenvalue weighted by atomic mass is 10.0. The van der Waals surface area contributed by atoms with Gasteiger partial charge in [0.05, 0.1) is 10.0 Å². The molecule has 0 heterocycles. The third-order valence-electron chi connectivity index (χ3n) is 6.29. The number of halogens is 2. The van der Waals surface area contributed by atoms with E-state index in [1.54, 1.807) is 17.0 Å². The summed E-state index contributed by atoms with van der Waals surface area (Å²) in [7, 11) is 0. The van der Waals surface area contributed by atoms with Crippen LogP contribution < -0.4 is 10.1 Å². The lowest BCUT2D eigenvalue weighted by Gasteiger charge is -2.32. The van der Waals surface area contributed by atoms with Crippen LogP contribution in [0.15, 0.2) is 66.7 Å². The van der Waals surface area contributed by atoms with Gasteiger partial charge in [0.15, 0.2) is 6.61 Å². The minimum Gasteiger partial charge on any atom is -0.483 e. The first-order valence-electron chi connectivity index (χ1n) is 12.5. The molecule has 0 spiro atoms. The van der Waals surface area contributed by atoms with Crippen molar-refractivity contribution in [3.63, 3.8) is 0 Å². The molecule has 0 aromatic heterocycles. The van der Waals surface area contributed by atoms with Crippen molar-refractivity contribution in [2.24, 2.45) is 0 Å². The molecular formula is C30H34Cl2N2O3. The maximum atomic E-state index is 13.7. The van der Waals surface area contributed by atoms with Crippen LogP contribution in [0.1, 0.15) is 42.5 Å². The van der Waals surface area contributed by atoms with Crippen molar-refractivity contribution in [1.29, 1.82) is 0 Å². The van der Waals surface area contributed by atoms with Crippen LogP contribution in [-0.4, -0.2) is 35.4 Å². The lowest BCUT2D eigenvalue weighted by Crippen LogP contribution is -2.53. The van der Waals surface area contributed by atoms with Gasteiger partial charge in [-0.05, 0) is 62.1 Å². The molecule has 3 rings (SSSR count). The minimum absolute atomic E-state index is 0.0286. The van der Waals surface area contributed by atoms with Gasteiger partial charge in [0, 0.05) is 19.0 Å². The van der Waals surface area contributed by atoms with Crippen LogP contribution in [0, 0.1) is 13.8 Å². The second kappa shape index (κ2) is 13.5. The number of carbonyl (C=O) groups excluding carboxylic acids is 2. The molecule has 0 fully saturated rings. The summed E-state index contributed by atoms with van der Waals surface area (Å²) in [5, 5.41) is 3.88. The fraction of sp³-hybridized carbons (Fsp3) is 0.333. The molecule has 2 amide bonds. The molecule has 3 aromatic rings. The van der Waals surface area contributed by atoms with Crippen molar-refractivity contribution in [2.75, 3.05) is 6.61 Å². The number of carbonyl (C=O) groups is 2.